The fourth-order valence-corrected chi connectivity index (χ4v) is 8.09. The molecule has 0 spiro atoms. The third-order valence-corrected chi connectivity index (χ3v) is 11.9. The number of aliphatic hydroxyl groups is 1. The molecule has 2 rings (SSSR count). The van der Waals surface area contributed by atoms with Crippen molar-refractivity contribution < 1.29 is 24.1 Å². The van der Waals surface area contributed by atoms with Crippen LogP contribution in [0.2, 0.25) is 0 Å². The molecule has 1 saturated heterocycles. The standard InChI is InChI=1S/C50H92N2O5/c1-3-5-7-9-11-13-15-17-18-19-21-23-25-27-29-31-42-56-49-44-47(46-57-50(54)33-32-34-51-35-37-52(38-36-51)39-40-53)43-48(45-49)55-41-30-28-26-24-22-20-16-14-12-10-8-6-4-2/h43-45,53H,3-42,46H2,1-2H3. The average Bonchev–Trinajstić information content (AvgIpc) is 3.22. The van der Waals surface area contributed by atoms with E-state index < -0.39 is 0 Å². The van der Waals surface area contributed by atoms with E-state index in [1.54, 1.807) is 0 Å². The minimum absolute atomic E-state index is 0.150. The lowest BCUT2D eigenvalue weighted by Crippen LogP contribution is -2.47. The maximum atomic E-state index is 12.7. The summed E-state index contributed by atoms with van der Waals surface area (Å²) in [6.45, 7) is 12.0. The van der Waals surface area contributed by atoms with Gasteiger partial charge in [-0.2, -0.15) is 0 Å². The summed E-state index contributed by atoms with van der Waals surface area (Å²) in [5, 5.41) is 9.18. The number of rotatable bonds is 41. The third-order valence-electron chi connectivity index (χ3n) is 11.9. The number of piperazine rings is 1. The van der Waals surface area contributed by atoms with E-state index in [2.05, 4.69) is 23.6 Å². The molecule has 7 nitrogen and oxygen atoms in total. The van der Waals surface area contributed by atoms with Gasteiger partial charge in [0.1, 0.15) is 18.1 Å². The van der Waals surface area contributed by atoms with Gasteiger partial charge in [0.25, 0.3) is 0 Å². The largest absolute Gasteiger partial charge is 0.493 e. The summed E-state index contributed by atoms with van der Waals surface area (Å²) in [7, 11) is 0. The Morgan fingerprint density at radius 3 is 1.21 bits per heavy atom. The highest BCUT2D eigenvalue weighted by Crippen LogP contribution is 2.25. The van der Waals surface area contributed by atoms with E-state index in [1.807, 2.05) is 18.2 Å². The highest BCUT2D eigenvalue weighted by molar-refractivity contribution is 5.69. The van der Waals surface area contributed by atoms with Crippen LogP contribution in [0.1, 0.15) is 218 Å². The second-order valence-corrected chi connectivity index (χ2v) is 17.2. The maximum absolute atomic E-state index is 12.7. The highest BCUT2D eigenvalue weighted by atomic mass is 16.5. The molecule has 1 heterocycles. The molecule has 1 aliphatic heterocycles. The Bertz CT molecular complexity index is 1030. The number of hydrogen-bond acceptors (Lipinski definition) is 7. The van der Waals surface area contributed by atoms with Crippen LogP contribution in [-0.4, -0.2) is 80.0 Å². The fraction of sp³-hybridized carbons (Fsp3) is 0.860. The first-order valence-corrected chi connectivity index (χ1v) is 24.7. The smallest absolute Gasteiger partial charge is 0.306 e. The van der Waals surface area contributed by atoms with Gasteiger partial charge < -0.3 is 24.2 Å². The van der Waals surface area contributed by atoms with Crippen LogP contribution in [0, 0.1) is 0 Å². The Kier molecular flexibility index (Phi) is 34.5. The molecule has 7 heteroatoms. The molecule has 0 saturated carbocycles. The lowest BCUT2D eigenvalue weighted by molar-refractivity contribution is -0.145. The number of hydrogen-bond donors (Lipinski definition) is 1. The van der Waals surface area contributed by atoms with E-state index in [1.165, 1.54) is 173 Å². The van der Waals surface area contributed by atoms with Gasteiger partial charge in [0, 0.05) is 45.2 Å². The van der Waals surface area contributed by atoms with Gasteiger partial charge in [0.05, 0.1) is 19.8 Å². The zero-order chi connectivity index (χ0) is 40.7. The fourth-order valence-electron chi connectivity index (χ4n) is 8.09. The summed E-state index contributed by atoms with van der Waals surface area (Å²) >= 11 is 0. The van der Waals surface area contributed by atoms with Gasteiger partial charge in [-0.05, 0) is 43.5 Å². The van der Waals surface area contributed by atoms with Crippen molar-refractivity contribution in [3.8, 4) is 11.5 Å². The molecular formula is C50H92N2O5. The van der Waals surface area contributed by atoms with Gasteiger partial charge in [-0.3, -0.25) is 9.69 Å². The minimum atomic E-state index is -0.150. The molecule has 1 aliphatic rings. The van der Waals surface area contributed by atoms with Gasteiger partial charge in [-0.25, -0.2) is 0 Å². The summed E-state index contributed by atoms with van der Waals surface area (Å²) in [6, 6.07) is 6.05. The van der Waals surface area contributed by atoms with Gasteiger partial charge in [-0.1, -0.05) is 187 Å². The van der Waals surface area contributed by atoms with Crippen LogP contribution < -0.4 is 9.47 Å². The van der Waals surface area contributed by atoms with Crippen LogP contribution in [0.5, 0.6) is 11.5 Å². The first-order valence-electron chi connectivity index (χ1n) is 24.7. The Hall–Kier alpha value is -1.83. The van der Waals surface area contributed by atoms with Crippen LogP contribution in [0.15, 0.2) is 18.2 Å². The molecule has 0 atom stereocenters. The third kappa shape index (κ3) is 30.8. The van der Waals surface area contributed by atoms with Crippen molar-refractivity contribution in [3.63, 3.8) is 0 Å². The second-order valence-electron chi connectivity index (χ2n) is 17.2. The molecule has 0 bridgehead atoms. The average molecular weight is 801 g/mol. The molecular weight excluding hydrogens is 709 g/mol. The van der Waals surface area contributed by atoms with E-state index in [0.29, 0.717) is 19.6 Å². The maximum Gasteiger partial charge on any atom is 0.306 e. The zero-order valence-corrected chi connectivity index (χ0v) is 37.7. The monoisotopic (exact) mass is 801 g/mol. The SMILES string of the molecule is CCCCCCCCCCCCCCCCCCOc1cc(COC(=O)CCCN2CCN(CCO)CC2)cc(OCCCCCCCCCCCCCCC)c1. The summed E-state index contributed by atoms with van der Waals surface area (Å²) in [4.78, 5) is 17.4. The Labute approximate surface area is 352 Å². The number of unbranched alkanes of at least 4 members (excludes halogenated alkanes) is 27. The first-order chi connectivity index (χ1) is 28.1. The zero-order valence-electron chi connectivity index (χ0n) is 37.7. The molecule has 0 radical (unpaired) electrons. The molecule has 1 fully saturated rings. The molecule has 1 N–H and O–H groups in total. The number of β-amino-alcohol motifs (C(OH)–C–C–N with tert-alkyl or cyclic N) is 1. The van der Waals surface area contributed by atoms with Crippen LogP contribution in [0.25, 0.3) is 0 Å². The van der Waals surface area contributed by atoms with Crippen molar-refractivity contribution >= 4 is 5.97 Å². The van der Waals surface area contributed by atoms with Crippen LogP contribution in [0.3, 0.4) is 0 Å². The van der Waals surface area contributed by atoms with Crippen molar-refractivity contribution in [3.05, 3.63) is 23.8 Å². The van der Waals surface area contributed by atoms with Gasteiger partial charge in [0.15, 0.2) is 0 Å². The van der Waals surface area contributed by atoms with Crippen molar-refractivity contribution in [2.75, 3.05) is 59.1 Å². The minimum Gasteiger partial charge on any atom is -0.493 e. The van der Waals surface area contributed by atoms with Gasteiger partial charge in [-0.15, -0.1) is 0 Å². The van der Waals surface area contributed by atoms with E-state index in [4.69, 9.17) is 14.2 Å². The van der Waals surface area contributed by atoms with Gasteiger partial charge >= 0.3 is 5.97 Å². The number of carbonyl (C=O) groups is 1. The Morgan fingerprint density at radius 1 is 0.491 bits per heavy atom. The second kappa shape index (κ2) is 38.4. The van der Waals surface area contributed by atoms with Crippen LogP contribution in [0.4, 0.5) is 0 Å². The van der Waals surface area contributed by atoms with E-state index in [-0.39, 0.29) is 19.2 Å². The molecule has 0 aliphatic carbocycles. The molecule has 57 heavy (non-hydrogen) atoms. The number of nitrogens with zero attached hydrogens (tertiary/aromatic N) is 2. The van der Waals surface area contributed by atoms with E-state index in [9.17, 15) is 9.90 Å². The van der Waals surface area contributed by atoms with E-state index in [0.717, 1.165) is 75.6 Å². The summed E-state index contributed by atoms with van der Waals surface area (Å²) in [5.74, 6) is 1.47. The van der Waals surface area contributed by atoms with Crippen molar-refractivity contribution in [1.29, 1.82) is 0 Å². The summed E-state index contributed by atoms with van der Waals surface area (Å²) < 4.78 is 18.2. The molecule has 1 aromatic rings. The van der Waals surface area contributed by atoms with Crippen molar-refractivity contribution in [2.45, 2.75) is 219 Å². The van der Waals surface area contributed by atoms with Crippen molar-refractivity contribution in [1.82, 2.24) is 9.80 Å². The Morgan fingerprint density at radius 2 is 0.842 bits per heavy atom. The predicted octanol–water partition coefficient (Wildman–Crippen LogP) is 13.2. The molecule has 1 aromatic carbocycles. The molecule has 0 unspecified atom stereocenters. The number of benzene rings is 1. The topological polar surface area (TPSA) is 71.5 Å². The van der Waals surface area contributed by atoms with Gasteiger partial charge in [0.2, 0.25) is 0 Å². The predicted molar refractivity (Wildman–Crippen MR) is 242 cm³/mol. The lowest BCUT2D eigenvalue weighted by Gasteiger charge is -2.34. The van der Waals surface area contributed by atoms with Crippen LogP contribution >= 0.6 is 0 Å². The van der Waals surface area contributed by atoms with Crippen LogP contribution in [-0.2, 0) is 16.1 Å². The number of ether oxygens (including phenoxy) is 3. The highest BCUT2D eigenvalue weighted by Gasteiger charge is 2.16. The number of aliphatic hydroxyl groups excluding tert-OH is 1. The summed E-state index contributed by atoms with van der Waals surface area (Å²) in [5.41, 5.74) is 0.924. The summed E-state index contributed by atoms with van der Waals surface area (Å²) in [6.07, 6.45) is 40.4. The molecule has 0 amide bonds. The Balaban J connectivity index is 1.64. The molecule has 0 aromatic heterocycles. The van der Waals surface area contributed by atoms with Crippen molar-refractivity contribution in [2.24, 2.45) is 0 Å². The van der Waals surface area contributed by atoms with E-state index >= 15 is 0 Å². The normalized spacial score (nSPS) is 13.7. The number of esters is 1. The first kappa shape index (κ1) is 51.3. The molecule has 332 valence electrons. The lowest BCUT2D eigenvalue weighted by atomic mass is 10.0. The quantitative estimate of drug-likeness (QED) is 0.0522. The number of carbonyl (C=O) groups excluding carboxylic acids is 1.